The minimum atomic E-state index is -0.457. The van der Waals surface area contributed by atoms with E-state index in [0.29, 0.717) is 17.8 Å². The summed E-state index contributed by atoms with van der Waals surface area (Å²) in [4.78, 5) is 28.4. The van der Waals surface area contributed by atoms with Crippen LogP contribution in [0.2, 0.25) is 0 Å². The minimum absolute atomic E-state index is 0.0767. The second-order valence-corrected chi connectivity index (χ2v) is 8.25. The fourth-order valence-electron chi connectivity index (χ4n) is 3.12. The zero-order valence-corrected chi connectivity index (χ0v) is 17.4. The van der Waals surface area contributed by atoms with Gasteiger partial charge in [-0.3, -0.25) is 9.69 Å². The average Bonchev–Trinajstić information content (AvgIpc) is 2.63. The summed E-state index contributed by atoms with van der Waals surface area (Å²) in [5.41, 5.74) is 6.59. The lowest BCUT2D eigenvalue weighted by molar-refractivity contribution is 0.0525. The summed E-state index contributed by atoms with van der Waals surface area (Å²) in [6, 6.07) is 7.10. The molecule has 1 fully saturated rings. The predicted octanol–water partition coefficient (Wildman–Crippen LogP) is 2.72. The molecular weight excluding hydrogens is 356 g/mol. The summed E-state index contributed by atoms with van der Waals surface area (Å²) in [7, 11) is 0. The van der Waals surface area contributed by atoms with Crippen LogP contribution in [0.25, 0.3) is 0 Å². The highest BCUT2D eigenvalue weighted by atomic mass is 16.6. The second-order valence-electron chi connectivity index (χ2n) is 8.25. The Labute approximate surface area is 168 Å². The first kappa shape index (κ1) is 22.0. The molecular formula is C21H34N4O3. The molecule has 0 atom stereocenters. The quantitative estimate of drug-likeness (QED) is 0.552. The van der Waals surface area contributed by atoms with Crippen LogP contribution in [0.3, 0.4) is 0 Å². The van der Waals surface area contributed by atoms with E-state index in [0.717, 1.165) is 52.0 Å². The lowest BCUT2D eigenvalue weighted by Gasteiger charge is -2.34. The summed E-state index contributed by atoms with van der Waals surface area (Å²) in [5, 5.41) is 2.79. The number of carbonyl (C=O) groups excluding carboxylic acids is 2. The first-order valence-electron chi connectivity index (χ1n) is 10.1. The molecule has 0 aliphatic carbocycles. The minimum Gasteiger partial charge on any atom is -0.444 e. The van der Waals surface area contributed by atoms with Crippen molar-refractivity contribution in [2.75, 3.05) is 45.0 Å². The van der Waals surface area contributed by atoms with Crippen molar-refractivity contribution in [3.05, 3.63) is 29.8 Å². The SMILES string of the molecule is CC(C)(C)OC(=O)NCCCCCN1CCN(C(=O)c2ccc(N)cc2)CC1. The van der Waals surface area contributed by atoms with Gasteiger partial charge in [0.15, 0.2) is 0 Å². The molecule has 1 aliphatic heterocycles. The molecule has 28 heavy (non-hydrogen) atoms. The number of ether oxygens (including phenoxy) is 1. The van der Waals surface area contributed by atoms with Crippen molar-refractivity contribution in [3.63, 3.8) is 0 Å². The molecule has 1 aliphatic rings. The van der Waals surface area contributed by atoms with Gasteiger partial charge < -0.3 is 20.7 Å². The van der Waals surface area contributed by atoms with Gasteiger partial charge in [-0.25, -0.2) is 4.79 Å². The van der Waals surface area contributed by atoms with Crippen molar-refractivity contribution in [1.82, 2.24) is 15.1 Å². The third kappa shape index (κ3) is 7.76. The van der Waals surface area contributed by atoms with Crippen LogP contribution in [0.4, 0.5) is 10.5 Å². The van der Waals surface area contributed by atoms with Crippen molar-refractivity contribution < 1.29 is 14.3 Å². The van der Waals surface area contributed by atoms with Gasteiger partial charge in [-0.15, -0.1) is 0 Å². The van der Waals surface area contributed by atoms with Crippen LogP contribution in [-0.2, 0) is 4.74 Å². The van der Waals surface area contributed by atoms with Crippen LogP contribution in [-0.4, -0.2) is 66.7 Å². The van der Waals surface area contributed by atoms with Gasteiger partial charge in [0.2, 0.25) is 0 Å². The van der Waals surface area contributed by atoms with Gasteiger partial charge >= 0.3 is 6.09 Å². The Balaban J connectivity index is 1.56. The number of piperazine rings is 1. The van der Waals surface area contributed by atoms with Crippen LogP contribution in [0.1, 0.15) is 50.4 Å². The predicted molar refractivity (Wildman–Crippen MR) is 111 cm³/mol. The summed E-state index contributed by atoms with van der Waals surface area (Å²) in [6.07, 6.45) is 2.73. The van der Waals surface area contributed by atoms with Crippen LogP contribution in [0, 0.1) is 0 Å². The monoisotopic (exact) mass is 390 g/mol. The fourth-order valence-corrected chi connectivity index (χ4v) is 3.12. The molecule has 0 unspecified atom stereocenters. The molecule has 1 heterocycles. The van der Waals surface area contributed by atoms with Crippen LogP contribution >= 0.6 is 0 Å². The largest absolute Gasteiger partial charge is 0.444 e. The Bertz CT molecular complexity index is 632. The third-order valence-corrected chi connectivity index (χ3v) is 4.64. The van der Waals surface area contributed by atoms with Crippen molar-refractivity contribution in [1.29, 1.82) is 0 Å². The van der Waals surface area contributed by atoms with Gasteiger partial charge in [0, 0.05) is 44.0 Å². The number of amides is 2. The topological polar surface area (TPSA) is 87.9 Å². The highest BCUT2D eigenvalue weighted by Crippen LogP contribution is 2.12. The van der Waals surface area contributed by atoms with Gasteiger partial charge in [0.25, 0.3) is 5.91 Å². The number of rotatable bonds is 7. The molecule has 0 spiro atoms. The highest BCUT2D eigenvalue weighted by Gasteiger charge is 2.21. The zero-order valence-electron chi connectivity index (χ0n) is 17.4. The van der Waals surface area contributed by atoms with Crippen LogP contribution < -0.4 is 11.1 Å². The van der Waals surface area contributed by atoms with E-state index in [1.54, 1.807) is 24.3 Å². The number of nitrogens with zero attached hydrogens (tertiary/aromatic N) is 2. The second kappa shape index (κ2) is 10.3. The maximum atomic E-state index is 12.5. The number of alkyl carbamates (subject to hydrolysis) is 1. The number of nitrogens with one attached hydrogen (secondary N) is 1. The number of benzene rings is 1. The summed E-state index contributed by atoms with van der Waals surface area (Å²) in [6.45, 7) is 10.5. The number of carbonyl (C=O) groups is 2. The first-order chi connectivity index (χ1) is 13.2. The molecule has 0 aromatic heterocycles. The highest BCUT2D eigenvalue weighted by molar-refractivity contribution is 5.94. The number of unbranched alkanes of at least 4 members (excludes halogenated alkanes) is 2. The Morgan fingerprint density at radius 2 is 1.68 bits per heavy atom. The molecule has 1 aromatic rings. The van der Waals surface area contributed by atoms with Crippen LogP contribution in [0.5, 0.6) is 0 Å². The molecule has 156 valence electrons. The van der Waals surface area contributed by atoms with E-state index in [-0.39, 0.29) is 12.0 Å². The first-order valence-corrected chi connectivity index (χ1v) is 10.1. The number of anilines is 1. The molecule has 1 saturated heterocycles. The van der Waals surface area contributed by atoms with E-state index in [9.17, 15) is 9.59 Å². The summed E-state index contributed by atoms with van der Waals surface area (Å²) >= 11 is 0. The van der Waals surface area contributed by atoms with Crippen molar-refractivity contribution >= 4 is 17.7 Å². The Morgan fingerprint density at radius 1 is 1.04 bits per heavy atom. The van der Waals surface area contributed by atoms with Crippen molar-refractivity contribution in [2.45, 2.75) is 45.6 Å². The smallest absolute Gasteiger partial charge is 0.407 e. The lowest BCUT2D eigenvalue weighted by atomic mass is 10.1. The Hall–Kier alpha value is -2.28. The molecule has 7 nitrogen and oxygen atoms in total. The Kier molecular flexibility index (Phi) is 8.11. The van der Waals surface area contributed by atoms with Crippen molar-refractivity contribution in [2.24, 2.45) is 0 Å². The van der Waals surface area contributed by atoms with Gasteiger partial charge in [-0.05, 0) is 64.4 Å². The van der Waals surface area contributed by atoms with Crippen LogP contribution in [0.15, 0.2) is 24.3 Å². The van der Waals surface area contributed by atoms with E-state index >= 15 is 0 Å². The molecule has 2 amide bonds. The fraction of sp³-hybridized carbons (Fsp3) is 0.619. The zero-order chi connectivity index (χ0) is 20.6. The van der Waals surface area contributed by atoms with E-state index in [1.165, 1.54) is 0 Å². The molecule has 3 N–H and O–H groups in total. The van der Waals surface area contributed by atoms with E-state index in [4.69, 9.17) is 10.5 Å². The molecule has 0 radical (unpaired) electrons. The number of nitrogens with two attached hydrogens (primary N) is 1. The number of nitrogen functional groups attached to an aromatic ring is 1. The maximum Gasteiger partial charge on any atom is 0.407 e. The van der Waals surface area contributed by atoms with E-state index < -0.39 is 5.60 Å². The van der Waals surface area contributed by atoms with Gasteiger partial charge in [0.1, 0.15) is 5.60 Å². The normalized spacial score (nSPS) is 15.3. The average molecular weight is 391 g/mol. The molecule has 0 saturated carbocycles. The standard InChI is InChI=1S/C21H34N4O3/c1-21(2,3)28-20(27)23-11-5-4-6-12-24-13-15-25(16-14-24)19(26)17-7-9-18(22)10-8-17/h7-10H,4-6,11-16,22H2,1-3H3,(H,23,27). The van der Waals surface area contributed by atoms with Gasteiger partial charge in [-0.1, -0.05) is 6.42 Å². The Morgan fingerprint density at radius 3 is 2.29 bits per heavy atom. The molecule has 7 heteroatoms. The summed E-state index contributed by atoms with van der Waals surface area (Å²) < 4.78 is 5.21. The van der Waals surface area contributed by atoms with E-state index in [2.05, 4.69) is 10.2 Å². The molecule has 0 bridgehead atoms. The number of hydrogen-bond acceptors (Lipinski definition) is 5. The molecule has 2 rings (SSSR count). The van der Waals surface area contributed by atoms with E-state index in [1.807, 2.05) is 25.7 Å². The summed E-state index contributed by atoms with van der Waals surface area (Å²) in [5.74, 6) is 0.0767. The van der Waals surface area contributed by atoms with Gasteiger partial charge in [0.05, 0.1) is 0 Å². The van der Waals surface area contributed by atoms with Crippen molar-refractivity contribution in [3.8, 4) is 0 Å². The lowest BCUT2D eigenvalue weighted by Crippen LogP contribution is -2.48. The third-order valence-electron chi connectivity index (χ3n) is 4.64. The van der Waals surface area contributed by atoms with Gasteiger partial charge in [-0.2, -0.15) is 0 Å². The maximum absolute atomic E-state index is 12.5. The molecule has 1 aromatic carbocycles. The number of hydrogen-bond donors (Lipinski definition) is 2.